The number of hydrogen-bond acceptors (Lipinski definition) is 4. The van der Waals surface area contributed by atoms with Crippen molar-refractivity contribution in [3.63, 3.8) is 0 Å². The second kappa shape index (κ2) is 5.87. The van der Waals surface area contributed by atoms with Crippen LogP contribution in [0, 0.1) is 11.3 Å². The molecule has 0 spiro atoms. The molecule has 3 nitrogen and oxygen atoms in total. The molecule has 1 aromatic carbocycles. The first-order valence-electron chi connectivity index (χ1n) is 6.07. The second-order valence-corrected chi connectivity index (χ2v) is 5.53. The van der Waals surface area contributed by atoms with Crippen molar-refractivity contribution < 1.29 is 5.11 Å². The predicted molar refractivity (Wildman–Crippen MR) is 78.2 cm³/mol. The van der Waals surface area contributed by atoms with Crippen molar-refractivity contribution in [3.05, 3.63) is 51.7 Å². The van der Waals surface area contributed by atoms with Crippen molar-refractivity contribution in [1.29, 1.82) is 5.26 Å². The maximum absolute atomic E-state index is 9.84. The SMILES string of the molecule is CC(O)c1ccc(C#N)cc1N(C)Cc1cccs1. The molecule has 2 aromatic rings. The molecule has 0 fully saturated rings. The highest BCUT2D eigenvalue weighted by molar-refractivity contribution is 7.09. The molecule has 1 unspecified atom stereocenters. The third-order valence-corrected chi connectivity index (χ3v) is 3.86. The lowest BCUT2D eigenvalue weighted by Gasteiger charge is -2.23. The molecule has 0 aliphatic rings. The van der Waals surface area contributed by atoms with Crippen LogP contribution in [-0.4, -0.2) is 12.2 Å². The Hall–Kier alpha value is -1.83. The lowest BCUT2D eigenvalue weighted by Crippen LogP contribution is -2.18. The molecule has 98 valence electrons. The Morgan fingerprint density at radius 3 is 2.79 bits per heavy atom. The van der Waals surface area contributed by atoms with E-state index in [-0.39, 0.29) is 0 Å². The van der Waals surface area contributed by atoms with E-state index in [0.717, 1.165) is 17.8 Å². The van der Waals surface area contributed by atoms with E-state index in [1.165, 1.54) is 4.88 Å². The average Bonchev–Trinajstić information content (AvgIpc) is 2.90. The molecule has 0 saturated heterocycles. The molecule has 1 atom stereocenters. The van der Waals surface area contributed by atoms with Crippen molar-refractivity contribution in [2.45, 2.75) is 19.6 Å². The Labute approximate surface area is 117 Å². The van der Waals surface area contributed by atoms with Crippen LogP contribution in [0.5, 0.6) is 0 Å². The number of nitriles is 1. The molecule has 2 rings (SSSR count). The zero-order valence-corrected chi connectivity index (χ0v) is 11.8. The summed E-state index contributed by atoms with van der Waals surface area (Å²) in [5, 5.41) is 20.9. The van der Waals surface area contributed by atoms with Crippen LogP contribution in [-0.2, 0) is 6.54 Å². The molecule has 4 heteroatoms. The molecular weight excluding hydrogens is 256 g/mol. The maximum Gasteiger partial charge on any atom is 0.0992 e. The number of rotatable bonds is 4. The molecule has 19 heavy (non-hydrogen) atoms. The van der Waals surface area contributed by atoms with E-state index in [9.17, 15) is 5.11 Å². The van der Waals surface area contributed by atoms with Gasteiger partial charge in [-0.15, -0.1) is 11.3 Å². The third-order valence-electron chi connectivity index (χ3n) is 2.99. The fraction of sp³-hybridized carbons (Fsp3) is 0.267. The highest BCUT2D eigenvalue weighted by Crippen LogP contribution is 2.28. The molecule has 0 aliphatic heterocycles. The number of benzene rings is 1. The number of thiophene rings is 1. The van der Waals surface area contributed by atoms with Crippen LogP contribution in [0.4, 0.5) is 5.69 Å². The summed E-state index contributed by atoms with van der Waals surface area (Å²) in [5.41, 5.74) is 2.36. The van der Waals surface area contributed by atoms with E-state index < -0.39 is 6.10 Å². The summed E-state index contributed by atoms with van der Waals surface area (Å²) in [6.45, 7) is 2.51. The van der Waals surface area contributed by atoms with Crippen LogP contribution in [0.3, 0.4) is 0 Å². The van der Waals surface area contributed by atoms with Crippen LogP contribution in [0.1, 0.15) is 29.0 Å². The minimum absolute atomic E-state index is 0.548. The van der Waals surface area contributed by atoms with E-state index in [0.29, 0.717) is 5.56 Å². The Bertz CT molecular complexity index is 585. The van der Waals surface area contributed by atoms with Crippen molar-refractivity contribution >= 4 is 17.0 Å². The summed E-state index contributed by atoms with van der Waals surface area (Å²) in [6, 6.07) is 11.6. The average molecular weight is 272 g/mol. The molecule has 0 bridgehead atoms. The van der Waals surface area contributed by atoms with Crippen molar-refractivity contribution in [2.24, 2.45) is 0 Å². The van der Waals surface area contributed by atoms with Gasteiger partial charge >= 0.3 is 0 Å². The normalized spacial score (nSPS) is 11.9. The van der Waals surface area contributed by atoms with Gasteiger partial charge < -0.3 is 10.0 Å². The molecular formula is C15H16N2OS. The molecule has 0 saturated carbocycles. The third kappa shape index (κ3) is 3.14. The van der Waals surface area contributed by atoms with Crippen LogP contribution < -0.4 is 4.90 Å². The van der Waals surface area contributed by atoms with Crippen LogP contribution >= 0.6 is 11.3 Å². The Balaban J connectivity index is 2.33. The Morgan fingerprint density at radius 2 is 2.21 bits per heavy atom. The summed E-state index contributed by atoms with van der Waals surface area (Å²) in [4.78, 5) is 3.32. The van der Waals surface area contributed by atoms with Gasteiger partial charge in [0.25, 0.3) is 0 Å². The van der Waals surface area contributed by atoms with Crippen LogP contribution in [0.25, 0.3) is 0 Å². The molecule has 1 aromatic heterocycles. The van der Waals surface area contributed by atoms with E-state index in [4.69, 9.17) is 5.26 Å². The van der Waals surface area contributed by atoms with E-state index in [2.05, 4.69) is 17.0 Å². The van der Waals surface area contributed by atoms with Crippen molar-refractivity contribution in [2.75, 3.05) is 11.9 Å². The van der Waals surface area contributed by atoms with Gasteiger partial charge in [0.05, 0.1) is 24.3 Å². The van der Waals surface area contributed by atoms with Crippen LogP contribution in [0.2, 0.25) is 0 Å². The topological polar surface area (TPSA) is 47.3 Å². The Morgan fingerprint density at radius 1 is 1.42 bits per heavy atom. The first kappa shape index (κ1) is 13.6. The Kier molecular flexibility index (Phi) is 4.20. The minimum atomic E-state index is -0.548. The predicted octanol–water partition coefficient (Wildman–Crippen LogP) is 3.31. The van der Waals surface area contributed by atoms with Gasteiger partial charge in [-0.3, -0.25) is 0 Å². The molecule has 0 amide bonds. The van der Waals surface area contributed by atoms with Gasteiger partial charge in [-0.05, 0) is 30.5 Å². The molecule has 0 aliphatic carbocycles. The first-order chi connectivity index (χ1) is 9.11. The monoisotopic (exact) mass is 272 g/mol. The highest BCUT2D eigenvalue weighted by Gasteiger charge is 2.13. The maximum atomic E-state index is 9.84. The summed E-state index contributed by atoms with van der Waals surface area (Å²) in [6.07, 6.45) is -0.548. The van der Waals surface area contributed by atoms with Crippen molar-refractivity contribution in [3.8, 4) is 6.07 Å². The smallest absolute Gasteiger partial charge is 0.0992 e. The number of aliphatic hydroxyl groups excluding tert-OH is 1. The number of nitrogens with zero attached hydrogens (tertiary/aromatic N) is 2. The second-order valence-electron chi connectivity index (χ2n) is 4.50. The van der Waals surface area contributed by atoms with Gasteiger partial charge in [0, 0.05) is 23.2 Å². The number of hydrogen-bond donors (Lipinski definition) is 1. The summed E-state index contributed by atoms with van der Waals surface area (Å²) >= 11 is 1.70. The van der Waals surface area contributed by atoms with Gasteiger partial charge in [-0.1, -0.05) is 12.1 Å². The minimum Gasteiger partial charge on any atom is -0.389 e. The lowest BCUT2D eigenvalue weighted by molar-refractivity contribution is 0.199. The quantitative estimate of drug-likeness (QED) is 0.929. The fourth-order valence-corrected chi connectivity index (χ4v) is 2.78. The standard InChI is InChI=1S/C15H16N2OS/c1-11(18)14-6-5-12(9-16)8-15(14)17(2)10-13-4-3-7-19-13/h3-8,11,18H,10H2,1-2H3. The van der Waals surface area contributed by atoms with Gasteiger partial charge in [0.2, 0.25) is 0 Å². The number of anilines is 1. The highest BCUT2D eigenvalue weighted by atomic mass is 32.1. The first-order valence-corrected chi connectivity index (χ1v) is 6.95. The van der Waals surface area contributed by atoms with Gasteiger partial charge in [-0.25, -0.2) is 0 Å². The van der Waals surface area contributed by atoms with E-state index >= 15 is 0 Å². The molecule has 1 N–H and O–H groups in total. The molecule has 1 heterocycles. The molecule has 0 radical (unpaired) electrons. The van der Waals surface area contributed by atoms with Gasteiger partial charge in [0.1, 0.15) is 0 Å². The summed E-state index contributed by atoms with van der Waals surface area (Å²) in [5.74, 6) is 0. The number of aliphatic hydroxyl groups is 1. The lowest BCUT2D eigenvalue weighted by atomic mass is 10.0. The zero-order chi connectivity index (χ0) is 13.8. The fourth-order valence-electron chi connectivity index (χ4n) is 2.02. The van der Waals surface area contributed by atoms with E-state index in [1.807, 2.05) is 30.6 Å². The van der Waals surface area contributed by atoms with Crippen molar-refractivity contribution in [1.82, 2.24) is 0 Å². The largest absolute Gasteiger partial charge is 0.389 e. The summed E-state index contributed by atoms with van der Waals surface area (Å²) < 4.78 is 0. The van der Waals surface area contributed by atoms with Crippen LogP contribution in [0.15, 0.2) is 35.7 Å². The zero-order valence-electron chi connectivity index (χ0n) is 11.0. The van der Waals surface area contributed by atoms with Gasteiger partial charge in [0.15, 0.2) is 0 Å². The van der Waals surface area contributed by atoms with E-state index in [1.54, 1.807) is 24.3 Å². The summed E-state index contributed by atoms with van der Waals surface area (Å²) in [7, 11) is 1.97. The van der Waals surface area contributed by atoms with Gasteiger partial charge in [-0.2, -0.15) is 5.26 Å².